The number of rotatable bonds is 12. The van der Waals surface area contributed by atoms with Crippen molar-refractivity contribution in [3.63, 3.8) is 0 Å². The topological polar surface area (TPSA) is 175 Å². The number of ether oxygens (including phenoxy) is 8. The Morgan fingerprint density at radius 1 is 0.983 bits per heavy atom. The van der Waals surface area contributed by atoms with Gasteiger partial charge in [-0.05, 0) is 91.5 Å². The smallest absolute Gasteiger partial charge is 0.311 e. The van der Waals surface area contributed by atoms with Crippen LogP contribution in [0.2, 0.25) is 0 Å². The molecule has 0 aliphatic carbocycles. The zero-order valence-corrected chi connectivity index (χ0v) is 37.0. The molecule has 0 spiro atoms. The van der Waals surface area contributed by atoms with E-state index in [9.17, 15) is 25.2 Å². The third kappa shape index (κ3) is 9.57. The molecule has 5 rings (SSSR count). The van der Waals surface area contributed by atoms with Crippen LogP contribution >= 0.6 is 0 Å². The monoisotopic (exact) mass is 824 g/mol. The second-order valence-corrected chi connectivity index (χ2v) is 18.6. The molecule has 4 aliphatic rings. The number of benzene rings is 1. The molecule has 0 aromatic heterocycles. The van der Waals surface area contributed by atoms with Crippen molar-refractivity contribution < 1.29 is 63.1 Å². The van der Waals surface area contributed by atoms with E-state index in [0.29, 0.717) is 19.4 Å². The second-order valence-electron chi connectivity index (χ2n) is 18.6. The maximum Gasteiger partial charge on any atom is 0.311 e. The van der Waals surface area contributed by atoms with E-state index in [0.717, 1.165) is 11.3 Å². The average molecular weight is 824 g/mol. The van der Waals surface area contributed by atoms with Crippen LogP contribution in [-0.4, -0.2) is 143 Å². The van der Waals surface area contributed by atoms with Gasteiger partial charge >= 0.3 is 5.97 Å². The normalized spacial score (nSPS) is 44.2. The number of carbonyl (C=O) groups excluding carboxylic acids is 1. The zero-order valence-electron chi connectivity index (χ0n) is 37.0. The predicted octanol–water partition coefficient (Wildman–Crippen LogP) is 4.20. The van der Waals surface area contributed by atoms with Gasteiger partial charge in [-0.25, -0.2) is 0 Å². The van der Waals surface area contributed by atoms with Gasteiger partial charge in [0.25, 0.3) is 0 Å². The number of fused-ring (bicyclic) bond motifs is 2. The van der Waals surface area contributed by atoms with Crippen molar-refractivity contribution in [3.05, 3.63) is 29.8 Å². The molecule has 4 aliphatic heterocycles. The van der Waals surface area contributed by atoms with Crippen molar-refractivity contribution in [1.29, 1.82) is 0 Å². The van der Waals surface area contributed by atoms with Crippen LogP contribution in [0, 0.1) is 23.7 Å². The minimum Gasteiger partial charge on any atom is -0.497 e. The Hall–Kier alpha value is -1.95. The second kappa shape index (κ2) is 18.6. The molecule has 1 aromatic rings. The summed E-state index contributed by atoms with van der Waals surface area (Å²) in [5, 5.41) is 46.1. The molecule has 2 bridgehead atoms. The van der Waals surface area contributed by atoms with Crippen LogP contribution in [0.4, 0.5) is 0 Å². The summed E-state index contributed by atoms with van der Waals surface area (Å²) in [4.78, 5) is 16.6. The van der Waals surface area contributed by atoms with E-state index < -0.39 is 102 Å². The summed E-state index contributed by atoms with van der Waals surface area (Å²) in [6.07, 6.45) is -7.90. The molecule has 4 heterocycles. The molecule has 19 atom stereocenters. The van der Waals surface area contributed by atoms with E-state index in [4.69, 9.17) is 37.9 Å². The van der Waals surface area contributed by atoms with Crippen molar-refractivity contribution in [1.82, 2.24) is 4.90 Å². The number of aliphatic hydroxyl groups excluding tert-OH is 3. The molecular formula is C44H73NO13. The van der Waals surface area contributed by atoms with E-state index in [2.05, 4.69) is 11.8 Å². The van der Waals surface area contributed by atoms with E-state index in [1.807, 2.05) is 59.0 Å². The van der Waals surface area contributed by atoms with Crippen LogP contribution in [0.5, 0.6) is 5.75 Å². The number of hydrogen-bond donors (Lipinski definition) is 4. The van der Waals surface area contributed by atoms with Crippen LogP contribution in [0.3, 0.4) is 0 Å². The van der Waals surface area contributed by atoms with Crippen LogP contribution in [0.1, 0.15) is 100 Å². The maximum absolute atomic E-state index is 14.5. The van der Waals surface area contributed by atoms with Crippen LogP contribution in [0.15, 0.2) is 24.3 Å². The fourth-order valence-corrected chi connectivity index (χ4v) is 10.3. The van der Waals surface area contributed by atoms with Crippen LogP contribution < -0.4 is 4.74 Å². The molecule has 4 fully saturated rings. The van der Waals surface area contributed by atoms with E-state index in [1.165, 1.54) is 14.0 Å². The Bertz CT molecular complexity index is 1500. The van der Waals surface area contributed by atoms with Crippen molar-refractivity contribution >= 4 is 5.97 Å². The summed E-state index contributed by atoms with van der Waals surface area (Å²) in [7, 11) is 5.14. The minimum absolute atomic E-state index is 0.0868. The molecular weight excluding hydrogens is 750 g/mol. The van der Waals surface area contributed by atoms with Crippen molar-refractivity contribution in [3.8, 4) is 5.75 Å². The Morgan fingerprint density at radius 2 is 1.64 bits per heavy atom. The summed E-state index contributed by atoms with van der Waals surface area (Å²) in [5.41, 5.74) is -2.75. The number of esters is 1. The first-order chi connectivity index (χ1) is 27.1. The zero-order chi connectivity index (χ0) is 43.1. The fourth-order valence-electron chi connectivity index (χ4n) is 10.3. The largest absolute Gasteiger partial charge is 0.497 e. The Labute approximate surface area is 345 Å². The van der Waals surface area contributed by atoms with E-state index >= 15 is 0 Å². The molecule has 0 radical (unpaired) electrons. The summed E-state index contributed by atoms with van der Waals surface area (Å²) < 4.78 is 51.0. The quantitative estimate of drug-likeness (QED) is 0.221. The highest BCUT2D eigenvalue weighted by molar-refractivity contribution is 5.73. The van der Waals surface area contributed by atoms with Gasteiger partial charge in [-0.15, -0.1) is 0 Å². The van der Waals surface area contributed by atoms with Gasteiger partial charge < -0.3 is 58.3 Å². The third-order valence-corrected chi connectivity index (χ3v) is 13.9. The third-order valence-electron chi connectivity index (χ3n) is 13.9. The first kappa shape index (κ1) is 47.1. The number of carbonyl (C=O) groups is 1. The van der Waals surface area contributed by atoms with Gasteiger partial charge in [-0.1, -0.05) is 39.8 Å². The number of likely N-dealkylation sites (N-methyl/N-ethyl adjacent to an activating group) is 1. The Kier molecular flexibility index (Phi) is 15.1. The van der Waals surface area contributed by atoms with E-state index in [1.54, 1.807) is 34.8 Å². The lowest BCUT2D eigenvalue weighted by Crippen LogP contribution is -2.60. The summed E-state index contributed by atoms with van der Waals surface area (Å²) >= 11 is 0. The fraction of sp³-hybridized carbons (Fsp3) is 0.841. The maximum atomic E-state index is 14.5. The standard InChI is InChI=1S/C44H73NO13/c1-14-32(46)44(10,50)39-25(4)35-23(2)20-43(9,58-35)38(26(5)36(27(6)40(49)56-39)55-33-21-42(8,52-13)37(48)28(7)54-33)57-41-34(47)31(19-24(3)53-41)45(11)22-29-15-17-30(51-12)18-16-29/h15-18,23-28,31-39,41,46-48,50H,14,19-22H2,1-13H3/t23?,24?,25-,26-,27+,28?,31?,32+,33-,34?,35?,36-,37-,38+,39+,41-,42?,43?,44+/m0/s1. The van der Waals surface area contributed by atoms with Crippen LogP contribution in [0.25, 0.3) is 0 Å². The highest BCUT2D eigenvalue weighted by Crippen LogP contribution is 2.48. The average Bonchev–Trinajstić information content (AvgIpc) is 3.50. The number of cyclic esters (lactones) is 1. The predicted molar refractivity (Wildman–Crippen MR) is 215 cm³/mol. The molecule has 1 aromatic carbocycles. The van der Waals surface area contributed by atoms with Crippen molar-refractivity contribution in [2.75, 3.05) is 21.3 Å². The molecule has 14 nitrogen and oxygen atoms in total. The van der Waals surface area contributed by atoms with Crippen LogP contribution in [-0.2, 0) is 44.5 Å². The van der Waals surface area contributed by atoms with Gasteiger partial charge in [0.15, 0.2) is 12.6 Å². The van der Waals surface area contributed by atoms with Gasteiger partial charge in [0.05, 0.1) is 60.9 Å². The summed E-state index contributed by atoms with van der Waals surface area (Å²) in [6, 6.07) is 7.53. The Morgan fingerprint density at radius 3 is 2.24 bits per heavy atom. The van der Waals surface area contributed by atoms with Gasteiger partial charge in [0.1, 0.15) is 29.7 Å². The van der Waals surface area contributed by atoms with E-state index in [-0.39, 0.29) is 30.9 Å². The highest BCUT2D eigenvalue weighted by Gasteiger charge is 2.59. The first-order valence-electron chi connectivity index (χ1n) is 21.3. The number of hydrogen-bond acceptors (Lipinski definition) is 14. The van der Waals surface area contributed by atoms with Gasteiger partial charge in [-0.2, -0.15) is 0 Å². The molecule has 332 valence electrons. The first-order valence-corrected chi connectivity index (χ1v) is 21.3. The lowest BCUT2D eigenvalue weighted by atomic mass is 9.76. The van der Waals surface area contributed by atoms with Gasteiger partial charge in [0, 0.05) is 38.0 Å². The summed E-state index contributed by atoms with van der Waals surface area (Å²) in [5.74, 6) is -2.04. The lowest BCUT2D eigenvalue weighted by Gasteiger charge is -2.48. The molecule has 14 heteroatoms. The molecule has 0 saturated carbocycles. The van der Waals surface area contributed by atoms with Crippen molar-refractivity contribution in [2.24, 2.45) is 23.7 Å². The minimum atomic E-state index is -1.81. The molecule has 4 saturated heterocycles. The number of nitrogens with zero attached hydrogens (tertiary/aromatic N) is 1. The Balaban J connectivity index is 1.54. The van der Waals surface area contributed by atoms with Gasteiger partial charge in [-0.3, -0.25) is 9.69 Å². The van der Waals surface area contributed by atoms with Gasteiger partial charge in [0.2, 0.25) is 0 Å². The molecule has 58 heavy (non-hydrogen) atoms. The molecule has 0 amide bonds. The SMILES string of the molecule is CC[C@@H](O)[C@@](C)(O)[C@@H]1OC(=O)[C@H](C)[C@@H](O[C@H]2CC(C)(OC)[C@@H](O)C(C)O2)[C@H](C)[C@@H](O[C@@H]2OC(C)CC(N(C)Cc3ccc(OC)cc3)C2O)C2(C)CC(C)C(O2)[C@@H]1C. The number of methoxy groups -OCH3 is 2. The van der Waals surface area contributed by atoms with Crippen molar-refractivity contribution in [2.45, 2.75) is 192 Å². The highest BCUT2D eigenvalue weighted by atomic mass is 16.7. The molecule has 8 unspecified atom stereocenters. The molecule has 4 N–H and O–H groups in total. The summed E-state index contributed by atoms with van der Waals surface area (Å²) in [6.45, 7) is 18.9. The lowest BCUT2D eigenvalue weighted by molar-refractivity contribution is -0.318. The number of aliphatic hydroxyl groups is 4.